The summed E-state index contributed by atoms with van der Waals surface area (Å²) in [4.78, 5) is 14.0. The number of carbonyl (C=O) groups is 1. The smallest absolute Gasteiger partial charge is 0.246 e. The summed E-state index contributed by atoms with van der Waals surface area (Å²) in [5.74, 6) is 0.0306. The van der Waals surface area contributed by atoms with Gasteiger partial charge in [0.05, 0.1) is 5.69 Å². The molecule has 1 heterocycles. The highest BCUT2D eigenvalue weighted by molar-refractivity contribution is 6.31. The zero-order valence-electron chi connectivity index (χ0n) is 12.1. The number of aromatic nitrogens is 2. The first kappa shape index (κ1) is 15.8. The summed E-state index contributed by atoms with van der Waals surface area (Å²) in [5.41, 5.74) is 1.64. The van der Waals surface area contributed by atoms with Crippen LogP contribution >= 0.6 is 11.6 Å². The maximum absolute atomic E-state index is 12.1. The molecule has 0 aromatic carbocycles. The van der Waals surface area contributed by atoms with Crippen LogP contribution in [0.2, 0.25) is 5.15 Å². The van der Waals surface area contributed by atoms with E-state index in [1.54, 1.807) is 23.9 Å². The zero-order valence-corrected chi connectivity index (χ0v) is 12.9. The van der Waals surface area contributed by atoms with Gasteiger partial charge in [-0.1, -0.05) is 25.4 Å². The van der Waals surface area contributed by atoms with Crippen LogP contribution in [0.15, 0.2) is 6.08 Å². The zero-order chi connectivity index (χ0) is 14.4. The molecule has 0 saturated heterocycles. The lowest BCUT2D eigenvalue weighted by atomic mass is 10.2. The highest BCUT2D eigenvalue weighted by atomic mass is 35.5. The first-order valence-electron chi connectivity index (χ1n) is 6.67. The Morgan fingerprint density at radius 3 is 2.37 bits per heavy atom. The predicted molar refractivity (Wildman–Crippen MR) is 79.2 cm³/mol. The Bertz CT molecular complexity index is 460. The van der Waals surface area contributed by atoms with Crippen molar-refractivity contribution in [1.82, 2.24) is 14.7 Å². The van der Waals surface area contributed by atoms with Crippen molar-refractivity contribution in [3.8, 4) is 0 Å². The molecule has 0 N–H and O–H groups in total. The Morgan fingerprint density at radius 2 is 1.95 bits per heavy atom. The molecule has 0 fully saturated rings. The summed E-state index contributed by atoms with van der Waals surface area (Å²) in [5, 5.41) is 4.77. The van der Waals surface area contributed by atoms with Crippen LogP contribution in [0.3, 0.4) is 0 Å². The minimum absolute atomic E-state index is 0.0306. The van der Waals surface area contributed by atoms with Gasteiger partial charge in [-0.3, -0.25) is 9.48 Å². The van der Waals surface area contributed by atoms with Gasteiger partial charge in [0, 0.05) is 31.8 Å². The van der Waals surface area contributed by atoms with Gasteiger partial charge >= 0.3 is 0 Å². The molecule has 0 atom stereocenters. The molecule has 0 radical (unpaired) electrons. The molecule has 19 heavy (non-hydrogen) atoms. The maximum atomic E-state index is 12.1. The first-order chi connectivity index (χ1) is 9.01. The minimum Gasteiger partial charge on any atom is -0.339 e. The van der Waals surface area contributed by atoms with E-state index < -0.39 is 0 Å². The number of rotatable bonds is 6. The molecule has 0 bridgehead atoms. The maximum Gasteiger partial charge on any atom is 0.246 e. The molecule has 1 rings (SSSR count). The molecule has 0 saturated carbocycles. The Balaban J connectivity index is 2.82. The standard InChI is InChI=1S/C14H22ClN3O/c1-5-9-18(10-6-2)13(19)8-7-12-11(3)16-17(4)14(12)15/h7-8H,5-6,9-10H2,1-4H3/b8-7+. The molecule has 0 aliphatic rings. The van der Waals surface area contributed by atoms with Gasteiger partial charge in [-0.25, -0.2) is 0 Å². The molecule has 4 nitrogen and oxygen atoms in total. The second kappa shape index (κ2) is 7.34. The summed E-state index contributed by atoms with van der Waals surface area (Å²) in [6, 6.07) is 0. The molecule has 0 unspecified atom stereocenters. The fourth-order valence-electron chi connectivity index (χ4n) is 1.97. The van der Waals surface area contributed by atoms with Gasteiger partial charge in [0.15, 0.2) is 0 Å². The average Bonchev–Trinajstić information content (AvgIpc) is 2.61. The summed E-state index contributed by atoms with van der Waals surface area (Å²) in [6.45, 7) is 7.60. The second-order valence-corrected chi connectivity index (χ2v) is 4.93. The van der Waals surface area contributed by atoms with Crippen molar-refractivity contribution in [2.75, 3.05) is 13.1 Å². The van der Waals surface area contributed by atoms with E-state index in [9.17, 15) is 4.79 Å². The number of amides is 1. The molecular formula is C14H22ClN3O. The predicted octanol–water partition coefficient (Wildman–Crippen LogP) is 3.04. The lowest BCUT2D eigenvalue weighted by Crippen LogP contribution is -2.30. The number of hydrogen-bond donors (Lipinski definition) is 0. The van der Waals surface area contributed by atoms with Crippen molar-refractivity contribution in [2.24, 2.45) is 7.05 Å². The van der Waals surface area contributed by atoms with E-state index >= 15 is 0 Å². The second-order valence-electron chi connectivity index (χ2n) is 4.57. The van der Waals surface area contributed by atoms with Gasteiger partial charge in [0.25, 0.3) is 0 Å². The number of carbonyl (C=O) groups excluding carboxylic acids is 1. The number of hydrogen-bond acceptors (Lipinski definition) is 2. The number of halogens is 1. The van der Waals surface area contributed by atoms with Crippen LogP contribution in [-0.4, -0.2) is 33.7 Å². The highest BCUT2D eigenvalue weighted by Gasteiger charge is 2.11. The SMILES string of the molecule is CCCN(CCC)C(=O)/C=C/c1c(C)nn(C)c1Cl. The molecule has 106 valence electrons. The van der Waals surface area contributed by atoms with Gasteiger partial charge in [0.1, 0.15) is 5.15 Å². The number of aryl methyl sites for hydroxylation is 2. The third-order valence-corrected chi connectivity index (χ3v) is 3.34. The van der Waals surface area contributed by atoms with Gasteiger partial charge in [-0.15, -0.1) is 0 Å². The average molecular weight is 284 g/mol. The van der Waals surface area contributed by atoms with Crippen molar-refractivity contribution in [2.45, 2.75) is 33.6 Å². The lowest BCUT2D eigenvalue weighted by Gasteiger charge is -2.19. The van der Waals surface area contributed by atoms with E-state index in [2.05, 4.69) is 18.9 Å². The van der Waals surface area contributed by atoms with Gasteiger partial charge in [-0.05, 0) is 25.8 Å². The normalized spacial score (nSPS) is 11.2. The van der Waals surface area contributed by atoms with Crippen LogP contribution in [0.5, 0.6) is 0 Å². The first-order valence-corrected chi connectivity index (χ1v) is 7.05. The van der Waals surface area contributed by atoms with Gasteiger partial charge in [-0.2, -0.15) is 5.10 Å². The van der Waals surface area contributed by atoms with E-state index in [-0.39, 0.29) is 5.91 Å². The third kappa shape index (κ3) is 4.10. The Kier molecular flexibility index (Phi) is 6.09. The van der Waals surface area contributed by atoms with Crippen molar-refractivity contribution >= 4 is 23.6 Å². The fraction of sp³-hybridized carbons (Fsp3) is 0.571. The van der Waals surface area contributed by atoms with Crippen LogP contribution in [0.25, 0.3) is 6.08 Å². The number of nitrogens with zero attached hydrogens (tertiary/aromatic N) is 3. The van der Waals surface area contributed by atoms with E-state index in [0.717, 1.165) is 37.2 Å². The summed E-state index contributed by atoms with van der Waals surface area (Å²) >= 11 is 6.12. The van der Waals surface area contributed by atoms with Gasteiger partial charge in [0.2, 0.25) is 5.91 Å². The topological polar surface area (TPSA) is 38.1 Å². The van der Waals surface area contributed by atoms with Gasteiger partial charge < -0.3 is 4.90 Å². The van der Waals surface area contributed by atoms with E-state index in [1.165, 1.54) is 0 Å². The van der Waals surface area contributed by atoms with Crippen molar-refractivity contribution < 1.29 is 4.79 Å². The molecule has 5 heteroatoms. The summed E-state index contributed by atoms with van der Waals surface area (Å²) < 4.78 is 1.61. The molecule has 1 amide bonds. The Morgan fingerprint density at radius 1 is 1.37 bits per heavy atom. The van der Waals surface area contributed by atoms with Crippen molar-refractivity contribution in [3.05, 3.63) is 22.5 Å². The Labute approximate surface area is 120 Å². The highest BCUT2D eigenvalue weighted by Crippen LogP contribution is 2.20. The van der Waals surface area contributed by atoms with Crippen molar-refractivity contribution in [1.29, 1.82) is 0 Å². The van der Waals surface area contributed by atoms with Crippen LogP contribution in [-0.2, 0) is 11.8 Å². The van der Waals surface area contributed by atoms with E-state index in [0.29, 0.717) is 5.15 Å². The van der Waals surface area contributed by atoms with Crippen LogP contribution in [0.4, 0.5) is 0 Å². The molecule has 0 spiro atoms. The lowest BCUT2D eigenvalue weighted by molar-refractivity contribution is -0.126. The molecule has 0 aliphatic carbocycles. The summed E-state index contributed by atoms with van der Waals surface area (Å²) in [6.07, 6.45) is 5.27. The fourth-order valence-corrected chi connectivity index (χ4v) is 2.21. The minimum atomic E-state index is 0.0306. The molecule has 1 aromatic rings. The Hall–Kier alpha value is -1.29. The monoisotopic (exact) mass is 283 g/mol. The molecule has 1 aromatic heterocycles. The van der Waals surface area contributed by atoms with Crippen LogP contribution in [0, 0.1) is 6.92 Å². The van der Waals surface area contributed by atoms with Crippen molar-refractivity contribution in [3.63, 3.8) is 0 Å². The van der Waals surface area contributed by atoms with Crippen LogP contribution < -0.4 is 0 Å². The van der Waals surface area contributed by atoms with E-state index in [4.69, 9.17) is 11.6 Å². The molecular weight excluding hydrogens is 262 g/mol. The van der Waals surface area contributed by atoms with E-state index in [1.807, 2.05) is 11.8 Å². The molecule has 0 aliphatic heterocycles. The quantitative estimate of drug-likeness (QED) is 0.753. The third-order valence-electron chi connectivity index (χ3n) is 2.89. The largest absolute Gasteiger partial charge is 0.339 e. The van der Waals surface area contributed by atoms with Crippen LogP contribution in [0.1, 0.15) is 37.9 Å². The summed E-state index contributed by atoms with van der Waals surface area (Å²) in [7, 11) is 1.79.